The first-order valence-electron chi connectivity index (χ1n) is 9.59. The lowest BCUT2D eigenvalue weighted by Crippen LogP contribution is -2.49. The fourth-order valence-corrected chi connectivity index (χ4v) is 4.71. The smallest absolute Gasteiger partial charge is 0.356 e. The number of hydrogen-bond donors (Lipinski definition) is 1. The number of anilines is 1. The normalized spacial score (nSPS) is 25.8. The summed E-state index contributed by atoms with van der Waals surface area (Å²) in [6.45, 7) is 0. The molecule has 6 nitrogen and oxygen atoms in total. The minimum atomic E-state index is -0.460. The molecule has 2 aromatic heterocycles. The van der Waals surface area contributed by atoms with E-state index in [1.165, 1.54) is 32.8 Å². The Balaban J connectivity index is 1.62. The molecule has 2 aromatic rings. The number of hydrogen-bond acceptors (Lipinski definition) is 6. The molecule has 2 fully saturated rings. The van der Waals surface area contributed by atoms with Crippen molar-refractivity contribution >= 4 is 34.3 Å². The molecule has 2 bridgehead atoms. The summed E-state index contributed by atoms with van der Waals surface area (Å²) in [5.41, 5.74) is 0.911. The lowest BCUT2D eigenvalue weighted by atomic mass is 9.90. The lowest BCUT2D eigenvalue weighted by Gasteiger charge is -2.42. The van der Waals surface area contributed by atoms with Crippen molar-refractivity contribution in [1.29, 1.82) is 0 Å². The molecule has 0 amide bonds. The maximum atomic E-state index is 11.8. The number of aromatic nitrogens is 2. The average molecular weight is 389 g/mol. The molecule has 0 aliphatic carbocycles. The molecular weight excluding hydrogens is 364 g/mol. The fourth-order valence-electron chi connectivity index (χ4n) is 4.52. The van der Waals surface area contributed by atoms with Crippen LogP contribution in [0.4, 0.5) is 5.82 Å². The van der Waals surface area contributed by atoms with Crippen molar-refractivity contribution in [1.82, 2.24) is 14.9 Å². The van der Waals surface area contributed by atoms with Gasteiger partial charge in [0.1, 0.15) is 16.7 Å². The van der Waals surface area contributed by atoms with Crippen molar-refractivity contribution in [3.63, 3.8) is 0 Å². The summed E-state index contributed by atoms with van der Waals surface area (Å²) < 4.78 is 4.76. The summed E-state index contributed by atoms with van der Waals surface area (Å²) in [5, 5.41) is 4.86. The van der Waals surface area contributed by atoms with Crippen LogP contribution < -0.4 is 5.32 Å². The molecule has 2 aliphatic rings. The van der Waals surface area contributed by atoms with E-state index in [0.717, 1.165) is 24.0 Å². The Morgan fingerprint density at radius 2 is 1.93 bits per heavy atom. The molecule has 0 aromatic carbocycles. The number of nitrogens with one attached hydrogen (secondary N) is 1. The van der Waals surface area contributed by atoms with Crippen LogP contribution in [0, 0.1) is 0 Å². The number of esters is 1. The Kier molecular flexibility index (Phi) is 5.19. The molecule has 144 valence electrons. The second-order valence-electron chi connectivity index (χ2n) is 7.62. The third-order valence-electron chi connectivity index (χ3n) is 5.98. The van der Waals surface area contributed by atoms with E-state index in [1.54, 1.807) is 12.1 Å². The zero-order valence-electron chi connectivity index (χ0n) is 15.7. The van der Waals surface area contributed by atoms with Crippen molar-refractivity contribution < 1.29 is 9.53 Å². The van der Waals surface area contributed by atoms with E-state index < -0.39 is 5.97 Å². The van der Waals surface area contributed by atoms with Crippen LogP contribution in [-0.4, -0.2) is 53.1 Å². The van der Waals surface area contributed by atoms with Crippen molar-refractivity contribution in [2.24, 2.45) is 0 Å². The van der Waals surface area contributed by atoms with E-state index in [1.807, 2.05) is 6.07 Å². The highest BCUT2D eigenvalue weighted by Crippen LogP contribution is 2.34. The SMILES string of the molecule is COC(=O)c1ccc2c(N[C@@H]3C[C@H]4CCCC[C@@H](C3)N4C)nc(Cl)cc2n1. The van der Waals surface area contributed by atoms with Crippen molar-refractivity contribution in [3.8, 4) is 0 Å². The lowest BCUT2D eigenvalue weighted by molar-refractivity contribution is 0.0594. The molecule has 4 heterocycles. The highest BCUT2D eigenvalue weighted by Gasteiger charge is 2.34. The van der Waals surface area contributed by atoms with Crippen molar-refractivity contribution in [2.75, 3.05) is 19.5 Å². The summed E-state index contributed by atoms with van der Waals surface area (Å²) in [4.78, 5) is 23.2. The Labute approximate surface area is 164 Å². The third-order valence-corrected chi connectivity index (χ3v) is 6.17. The summed E-state index contributed by atoms with van der Waals surface area (Å²) in [6, 6.07) is 6.83. The molecule has 2 aliphatic heterocycles. The number of carbonyl (C=O) groups excluding carboxylic acids is 1. The predicted molar refractivity (Wildman–Crippen MR) is 106 cm³/mol. The van der Waals surface area contributed by atoms with Gasteiger partial charge in [-0.2, -0.15) is 0 Å². The van der Waals surface area contributed by atoms with Crippen LogP contribution >= 0.6 is 11.6 Å². The molecule has 1 N–H and O–H groups in total. The van der Waals surface area contributed by atoms with Crippen LogP contribution in [0.25, 0.3) is 10.9 Å². The van der Waals surface area contributed by atoms with Crippen molar-refractivity contribution in [3.05, 3.63) is 29.0 Å². The fraction of sp³-hybridized carbons (Fsp3) is 0.550. The first-order chi connectivity index (χ1) is 13.0. The Morgan fingerprint density at radius 1 is 1.22 bits per heavy atom. The first-order valence-corrected chi connectivity index (χ1v) is 9.97. The molecule has 0 spiro atoms. The molecule has 3 atom stereocenters. The summed E-state index contributed by atoms with van der Waals surface area (Å²) in [7, 11) is 3.61. The Hall–Kier alpha value is -1.92. The number of halogens is 1. The molecule has 27 heavy (non-hydrogen) atoms. The number of rotatable bonds is 3. The number of carbonyl (C=O) groups is 1. The zero-order valence-corrected chi connectivity index (χ0v) is 16.5. The van der Waals surface area contributed by atoms with E-state index >= 15 is 0 Å². The number of piperidine rings is 1. The van der Waals surface area contributed by atoms with E-state index in [4.69, 9.17) is 16.3 Å². The van der Waals surface area contributed by atoms with Crippen LogP contribution in [0.15, 0.2) is 18.2 Å². The standard InChI is InChI=1S/C20H25ClN4O2/c1-25-13-5-3-4-6-14(25)10-12(9-13)22-19-15-7-8-16(20(26)27-2)23-17(15)11-18(21)24-19/h7-8,11-14H,3-6,9-10H2,1-2H3,(H,22,24)/t12-,13-,14+. The van der Waals surface area contributed by atoms with Gasteiger partial charge in [0.2, 0.25) is 0 Å². The summed E-state index contributed by atoms with van der Waals surface area (Å²) >= 11 is 6.24. The molecule has 0 saturated carbocycles. The molecule has 0 radical (unpaired) electrons. The van der Waals surface area contributed by atoms with Gasteiger partial charge in [0.15, 0.2) is 0 Å². The minimum absolute atomic E-state index is 0.267. The van der Waals surface area contributed by atoms with Gasteiger partial charge in [-0.3, -0.25) is 0 Å². The average Bonchev–Trinajstić information content (AvgIpc) is 2.76. The zero-order chi connectivity index (χ0) is 19.0. The van der Waals surface area contributed by atoms with Gasteiger partial charge in [0.05, 0.1) is 12.6 Å². The Morgan fingerprint density at radius 3 is 2.59 bits per heavy atom. The second-order valence-corrected chi connectivity index (χ2v) is 8.01. The van der Waals surface area contributed by atoms with E-state index in [2.05, 4.69) is 27.2 Å². The van der Waals surface area contributed by atoms with Gasteiger partial charge < -0.3 is 15.0 Å². The largest absolute Gasteiger partial charge is 0.464 e. The number of nitrogens with zero attached hydrogens (tertiary/aromatic N) is 3. The summed E-state index contributed by atoms with van der Waals surface area (Å²) in [6.07, 6.45) is 7.37. The monoisotopic (exact) mass is 388 g/mol. The van der Waals surface area contributed by atoms with Crippen LogP contribution in [0.2, 0.25) is 5.15 Å². The maximum absolute atomic E-state index is 11.8. The van der Waals surface area contributed by atoms with Crippen LogP contribution in [0.3, 0.4) is 0 Å². The van der Waals surface area contributed by atoms with Gasteiger partial charge in [-0.25, -0.2) is 14.8 Å². The van der Waals surface area contributed by atoms with E-state index in [0.29, 0.717) is 28.8 Å². The van der Waals surface area contributed by atoms with Gasteiger partial charge in [-0.05, 0) is 44.9 Å². The Bertz CT molecular complexity index is 843. The van der Waals surface area contributed by atoms with Gasteiger partial charge in [-0.1, -0.05) is 24.4 Å². The van der Waals surface area contributed by atoms with Crippen LogP contribution in [0.1, 0.15) is 49.0 Å². The first kappa shape index (κ1) is 18.4. The van der Waals surface area contributed by atoms with E-state index in [9.17, 15) is 4.79 Å². The van der Waals surface area contributed by atoms with Gasteiger partial charge in [-0.15, -0.1) is 0 Å². The predicted octanol–water partition coefficient (Wildman–Crippen LogP) is 3.89. The van der Waals surface area contributed by atoms with Gasteiger partial charge in [0.25, 0.3) is 0 Å². The molecule has 7 heteroatoms. The highest BCUT2D eigenvalue weighted by molar-refractivity contribution is 6.30. The minimum Gasteiger partial charge on any atom is -0.464 e. The van der Waals surface area contributed by atoms with E-state index in [-0.39, 0.29) is 5.69 Å². The molecule has 4 rings (SSSR count). The van der Waals surface area contributed by atoms with Gasteiger partial charge in [0, 0.05) is 29.6 Å². The van der Waals surface area contributed by atoms with Crippen LogP contribution in [-0.2, 0) is 4.74 Å². The highest BCUT2D eigenvalue weighted by atomic mass is 35.5. The topological polar surface area (TPSA) is 67.3 Å². The van der Waals surface area contributed by atoms with Gasteiger partial charge >= 0.3 is 5.97 Å². The van der Waals surface area contributed by atoms with Crippen molar-refractivity contribution in [2.45, 2.75) is 56.7 Å². The van der Waals surface area contributed by atoms with Crippen LogP contribution in [0.5, 0.6) is 0 Å². The summed E-state index contributed by atoms with van der Waals surface area (Å²) in [5.74, 6) is 0.284. The molecule has 0 unspecified atom stereocenters. The third kappa shape index (κ3) is 3.73. The number of pyridine rings is 2. The molecular formula is C20H25ClN4O2. The maximum Gasteiger partial charge on any atom is 0.356 e. The number of ether oxygens (including phenoxy) is 1. The second kappa shape index (κ2) is 7.60. The molecule has 2 saturated heterocycles. The quantitative estimate of drug-likeness (QED) is 0.635. The number of fused-ring (bicyclic) bond motifs is 3. The number of methoxy groups -OCH3 is 1.